The molecule has 4 heteroatoms. The van der Waals surface area contributed by atoms with Crippen LogP contribution in [-0.2, 0) is 6.54 Å². The van der Waals surface area contributed by atoms with Gasteiger partial charge in [-0.3, -0.25) is 0 Å². The molecular weight excluding hydrogens is 278 g/mol. The molecule has 0 bridgehead atoms. The number of phenolic OH excluding ortho intramolecular Hbond substituents is 1. The molecule has 0 saturated heterocycles. The van der Waals surface area contributed by atoms with Gasteiger partial charge in [0.25, 0.3) is 0 Å². The van der Waals surface area contributed by atoms with Gasteiger partial charge in [0.15, 0.2) is 0 Å². The number of hydrogen-bond acceptors (Lipinski definition) is 3. The maximum absolute atomic E-state index is 9.38. The second-order valence-corrected chi connectivity index (χ2v) is 5.60. The number of rotatable bonds is 3. The van der Waals surface area contributed by atoms with Gasteiger partial charge in [-0.1, -0.05) is 29.8 Å². The van der Waals surface area contributed by atoms with E-state index < -0.39 is 0 Å². The van der Waals surface area contributed by atoms with Gasteiger partial charge in [-0.05, 0) is 40.6 Å². The van der Waals surface area contributed by atoms with Crippen LogP contribution < -0.4 is 5.32 Å². The average Bonchev–Trinajstić information content (AvgIpc) is 2.83. The highest BCUT2D eigenvalue weighted by molar-refractivity contribution is 7.17. The minimum absolute atomic E-state index is 0.105. The van der Waals surface area contributed by atoms with Crippen LogP contribution in [0.5, 0.6) is 5.75 Å². The largest absolute Gasteiger partial charge is 0.506 e. The van der Waals surface area contributed by atoms with Crippen molar-refractivity contribution in [2.24, 2.45) is 0 Å². The maximum Gasteiger partial charge on any atom is 0.134 e. The molecule has 2 N–H and O–H groups in total. The van der Waals surface area contributed by atoms with E-state index in [1.54, 1.807) is 23.5 Å². The number of fused-ring (bicyclic) bond motifs is 1. The van der Waals surface area contributed by atoms with Crippen LogP contribution in [0.25, 0.3) is 10.1 Å². The van der Waals surface area contributed by atoms with E-state index in [0.29, 0.717) is 5.02 Å². The smallest absolute Gasteiger partial charge is 0.134 e. The topological polar surface area (TPSA) is 32.3 Å². The fraction of sp³-hybridized carbons (Fsp3) is 0.0667. The van der Waals surface area contributed by atoms with Crippen LogP contribution in [0.2, 0.25) is 5.02 Å². The van der Waals surface area contributed by atoms with Gasteiger partial charge >= 0.3 is 0 Å². The van der Waals surface area contributed by atoms with Crippen molar-refractivity contribution in [3.05, 3.63) is 58.4 Å². The van der Waals surface area contributed by atoms with Crippen molar-refractivity contribution in [1.82, 2.24) is 0 Å². The molecule has 0 amide bonds. The van der Waals surface area contributed by atoms with Gasteiger partial charge in [-0.15, -0.1) is 11.3 Å². The summed E-state index contributed by atoms with van der Waals surface area (Å²) in [4.78, 5) is 0. The van der Waals surface area contributed by atoms with E-state index in [0.717, 1.165) is 12.2 Å². The average molecular weight is 290 g/mol. The summed E-state index contributed by atoms with van der Waals surface area (Å²) in [7, 11) is 0. The molecule has 0 fully saturated rings. The highest BCUT2D eigenvalue weighted by atomic mass is 35.5. The molecule has 0 aliphatic carbocycles. The summed E-state index contributed by atoms with van der Waals surface area (Å²) in [6.45, 7) is 0.741. The fourth-order valence-corrected chi connectivity index (χ4v) is 3.13. The van der Waals surface area contributed by atoms with Gasteiger partial charge in [0, 0.05) is 16.9 Å². The minimum Gasteiger partial charge on any atom is -0.506 e. The van der Waals surface area contributed by atoms with Gasteiger partial charge in [0.05, 0.1) is 5.02 Å². The van der Waals surface area contributed by atoms with Crippen molar-refractivity contribution >= 4 is 38.7 Å². The van der Waals surface area contributed by atoms with E-state index in [-0.39, 0.29) is 5.75 Å². The molecule has 19 heavy (non-hydrogen) atoms. The Morgan fingerprint density at radius 3 is 2.84 bits per heavy atom. The first kappa shape index (κ1) is 12.3. The molecule has 96 valence electrons. The van der Waals surface area contributed by atoms with Crippen LogP contribution in [0.3, 0.4) is 0 Å². The lowest BCUT2D eigenvalue weighted by Crippen LogP contribution is -1.98. The van der Waals surface area contributed by atoms with Crippen molar-refractivity contribution < 1.29 is 5.11 Å². The Bertz CT molecular complexity index is 723. The molecule has 0 saturated carbocycles. The monoisotopic (exact) mass is 289 g/mol. The van der Waals surface area contributed by atoms with E-state index in [1.165, 1.54) is 15.6 Å². The Balaban J connectivity index is 1.80. The second-order valence-electron chi connectivity index (χ2n) is 4.28. The quantitative estimate of drug-likeness (QED) is 0.674. The zero-order chi connectivity index (χ0) is 13.2. The SMILES string of the molecule is Oc1ccc(NCc2csc3ccccc23)cc1Cl. The molecule has 1 aromatic heterocycles. The van der Waals surface area contributed by atoms with Gasteiger partial charge in [-0.25, -0.2) is 0 Å². The summed E-state index contributed by atoms with van der Waals surface area (Å²) in [5, 5.41) is 16.5. The van der Waals surface area contributed by atoms with Crippen LogP contribution in [0.1, 0.15) is 5.56 Å². The lowest BCUT2D eigenvalue weighted by molar-refractivity contribution is 0.475. The van der Waals surface area contributed by atoms with Crippen LogP contribution in [0.4, 0.5) is 5.69 Å². The molecule has 0 atom stereocenters. The number of anilines is 1. The van der Waals surface area contributed by atoms with Crippen LogP contribution in [0.15, 0.2) is 47.8 Å². The van der Waals surface area contributed by atoms with Crippen LogP contribution >= 0.6 is 22.9 Å². The molecule has 3 rings (SSSR count). The molecular formula is C15H12ClNOS. The Morgan fingerprint density at radius 1 is 1.16 bits per heavy atom. The summed E-state index contributed by atoms with van der Waals surface area (Å²) in [6.07, 6.45) is 0. The lowest BCUT2D eigenvalue weighted by atomic mass is 10.2. The third-order valence-corrected chi connectivity index (χ3v) is 4.31. The van der Waals surface area contributed by atoms with Gasteiger partial charge in [-0.2, -0.15) is 0 Å². The molecule has 3 aromatic rings. The van der Waals surface area contributed by atoms with Crippen molar-refractivity contribution in [3.63, 3.8) is 0 Å². The normalized spacial score (nSPS) is 10.8. The van der Waals surface area contributed by atoms with E-state index in [9.17, 15) is 5.11 Å². The number of halogens is 1. The Labute approximate surface area is 120 Å². The van der Waals surface area contributed by atoms with Gasteiger partial charge < -0.3 is 10.4 Å². The fourth-order valence-electron chi connectivity index (χ4n) is 1.98. The summed E-state index contributed by atoms with van der Waals surface area (Å²) >= 11 is 7.63. The first-order valence-corrected chi connectivity index (χ1v) is 7.17. The Kier molecular flexibility index (Phi) is 3.32. The standard InChI is InChI=1S/C15H12ClNOS/c16-13-7-11(5-6-14(13)18)17-8-10-9-19-15-4-2-1-3-12(10)15/h1-7,9,17-18H,8H2. The van der Waals surface area contributed by atoms with Crippen LogP contribution in [0, 0.1) is 0 Å². The summed E-state index contributed by atoms with van der Waals surface area (Å²) in [5.74, 6) is 0.105. The Hall–Kier alpha value is -1.71. The number of phenols is 1. The molecule has 2 nitrogen and oxygen atoms in total. The predicted molar refractivity (Wildman–Crippen MR) is 82.3 cm³/mol. The van der Waals surface area contributed by atoms with Crippen LogP contribution in [-0.4, -0.2) is 5.11 Å². The first-order valence-electron chi connectivity index (χ1n) is 5.91. The first-order chi connectivity index (χ1) is 9.24. The summed E-state index contributed by atoms with van der Waals surface area (Å²) in [5.41, 5.74) is 2.17. The third kappa shape index (κ3) is 2.53. The molecule has 0 unspecified atom stereocenters. The van der Waals surface area contributed by atoms with Crippen molar-refractivity contribution in [3.8, 4) is 5.75 Å². The van der Waals surface area contributed by atoms with Gasteiger partial charge in [0.1, 0.15) is 5.75 Å². The highest BCUT2D eigenvalue weighted by Gasteiger charge is 2.04. The minimum atomic E-state index is 0.105. The number of thiophene rings is 1. The molecule has 0 radical (unpaired) electrons. The Morgan fingerprint density at radius 2 is 2.00 bits per heavy atom. The lowest BCUT2D eigenvalue weighted by Gasteiger charge is -2.07. The predicted octanol–water partition coefficient (Wildman–Crippen LogP) is 4.87. The number of benzene rings is 2. The number of nitrogens with one attached hydrogen (secondary N) is 1. The molecule has 1 heterocycles. The summed E-state index contributed by atoms with van der Waals surface area (Å²) < 4.78 is 1.29. The summed E-state index contributed by atoms with van der Waals surface area (Å²) in [6, 6.07) is 13.5. The number of hydrogen-bond donors (Lipinski definition) is 2. The van der Waals surface area contributed by atoms with Crippen molar-refractivity contribution in [2.75, 3.05) is 5.32 Å². The van der Waals surface area contributed by atoms with E-state index in [1.807, 2.05) is 6.07 Å². The van der Waals surface area contributed by atoms with Crippen molar-refractivity contribution in [1.29, 1.82) is 0 Å². The number of aromatic hydroxyl groups is 1. The molecule has 0 aliphatic heterocycles. The van der Waals surface area contributed by atoms with E-state index in [2.05, 4.69) is 35.0 Å². The molecule has 0 spiro atoms. The van der Waals surface area contributed by atoms with E-state index in [4.69, 9.17) is 11.6 Å². The van der Waals surface area contributed by atoms with E-state index >= 15 is 0 Å². The maximum atomic E-state index is 9.38. The zero-order valence-electron chi connectivity index (χ0n) is 10.1. The third-order valence-electron chi connectivity index (χ3n) is 2.99. The van der Waals surface area contributed by atoms with Gasteiger partial charge in [0.2, 0.25) is 0 Å². The second kappa shape index (κ2) is 5.11. The highest BCUT2D eigenvalue weighted by Crippen LogP contribution is 2.28. The molecule has 0 aliphatic rings. The zero-order valence-corrected chi connectivity index (χ0v) is 11.6. The van der Waals surface area contributed by atoms with Crippen molar-refractivity contribution in [2.45, 2.75) is 6.54 Å². The molecule has 2 aromatic carbocycles.